The number of nitrogens with zero attached hydrogens (tertiary/aromatic N) is 2. The fourth-order valence-corrected chi connectivity index (χ4v) is 3.63. The van der Waals surface area contributed by atoms with Gasteiger partial charge in [0.05, 0.1) is 12.0 Å². The van der Waals surface area contributed by atoms with Crippen molar-refractivity contribution >= 4 is 34.0 Å². The van der Waals surface area contributed by atoms with E-state index in [4.69, 9.17) is 11.6 Å². The van der Waals surface area contributed by atoms with Crippen molar-refractivity contribution in [3.8, 4) is 10.6 Å². The molecular formula is C15H16ClN3O2S. The Kier molecular flexibility index (Phi) is 4.42. The number of carbonyl (C=O) groups excluding carboxylic acids is 1. The van der Waals surface area contributed by atoms with E-state index in [9.17, 15) is 9.90 Å². The van der Waals surface area contributed by atoms with Gasteiger partial charge in [0.2, 0.25) is 11.0 Å². The molecule has 0 aliphatic heterocycles. The molecule has 2 aromatic rings. The van der Waals surface area contributed by atoms with Gasteiger partial charge in [-0.05, 0) is 25.0 Å². The highest BCUT2D eigenvalue weighted by Gasteiger charge is 2.33. The molecule has 1 saturated carbocycles. The van der Waals surface area contributed by atoms with Gasteiger partial charge in [0, 0.05) is 10.6 Å². The van der Waals surface area contributed by atoms with Gasteiger partial charge in [-0.25, -0.2) is 0 Å². The largest absolute Gasteiger partial charge is 0.389 e. The summed E-state index contributed by atoms with van der Waals surface area (Å²) >= 11 is 7.24. The lowest BCUT2D eigenvalue weighted by Crippen LogP contribution is -2.30. The van der Waals surface area contributed by atoms with E-state index >= 15 is 0 Å². The van der Waals surface area contributed by atoms with Crippen molar-refractivity contribution in [2.24, 2.45) is 0 Å². The predicted octanol–water partition coefficient (Wildman–Crippen LogP) is 3.49. The highest BCUT2D eigenvalue weighted by atomic mass is 35.5. The summed E-state index contributed by atoms with van der Waals surface area (Å²) in [5.74, 6) is -0.224. The zero-order valence-electron chi connectivity index (χ0n) is 11.9. The molecule has 1 aromatic carbocycles. The molecule has 1 aromatic heterocycles. The molecule has 0 saturated heterocycles. The van der Waals surface area contributed by atoms with Crippen LogP contribution in [0.3, 0.4) is 0 Å². The van der Waals surface area contributed by atoms with Crippen LogP contribution in [0.15, 0.2) is 24.3 Å². The van der Waals surface area contributed by atoms with Gasteiger partial charge in [0.1, 0.15) is 5.01 Å². The van der Waals surface area contributed by atoms with E-state index in [-0.39, 0.29) is 12.3 Å². The van der Waals surface area contributed by atoms with Crippen LogP contribution >= 0.6 is 22.9 Å². The zero-order valence-corrected chi connectivity index (χ0v) is 13.5. The maximum atomic E-state index is 12.0. The number of carbonyl (C=O) groups is 1. The molecule has 1 aliphatic carbocycles. The molecule has 1 aliphatic rings. The number of benzene rings is 1. The van der Waals surface area contributed by atoms with Gasteiger partial charge in [0.25, 0.3) is 0 Å². The molecule has 22 heavy (non-hydrogen) atoms. The third-order valence-electron chi connectivity index (χ3n) is 3.77. The molecule has 7 heteroatoms. The lowest BCUT2D eigenvalue weighted by Gasteiger charge is -2.20. The standard InChI is InChI=1S/C15H16ClN3O2S/c16-11-5-3-4-10(8-11)13-18-19-14(22-13)17-12(20)9-15(21)6-1-2-7-15/h3-5,8,21H,1-2,6-7,9H2,(H,17,19,20). The van der Waals surface area contributed by atoms with Crippen LogP contribution in [0.2, 0.25) is 5.02 Å². The second-order valence-corrected chi connectivity index (χ2v) is 6.99. The molecule has 5 nitrogen and oxygen atoms in total. The van der Waals surface area contributed by atoms with E-state index in [1.807, 2.05) is 12.1 Å². The second kappa shape index (κ2) is 6.32. The Hall–Kier alpha value is -1.50. The van der Waals surface area contributed by atoms with Gasteiger partial charge in [-0.2, -0.15) is 0 Å². The van der Waals surface area contributed by atoms with Crippen molar-refractivity contribution in [1.29, 1.82) is 0 Å². The number of nitrogens with one attached hydrogen (secondary N) is 1. The fourth-order valence-electron chi connectivity index (χ4n) is 2.68. The van der Waals surface area contributed by atoms with Gasteiger partial charge in [-0.15, -0.1) is 10.2 Å². The summed E-state index contributed by atoms with van der Waals surface area (Å²) < 4.78 is 0. The number of halogens is 1. The SMILES string of the molecule is O=C(CC1(O)CCCC1)Nc1nnc(-c2cccc(Cl)c2)s1. The van der Waals surface area contributed by atoms with Gasteiger partial charge in [-0.1, -0.05) is 47.9 Å². The van der Waals surface area contributed by atoms with Crippen LogP contribution in [-0.4, -0.2) is 26.8 Å². The number of amides is 1. The number of aliphatic hydroxyl groups is 1. The first kappa shape index (κ1) is 15.4. The summed E-state index contributed by atoms with van der Waals surface area (Å²) in [6.45, 7) is 0. The molecule has 3 rings (SSSR count). The highest BCUT2D eigenvalue weighted by Crippen LogP contribution is 2.33. The molecule has 1 amide bonds. The smallest absolute Gasteiger partial charge is 0.229 e. The van der Waals surface area contributed by atoms with Crippen molar-refractivity contribution in [2.45, 2.75) is 37.7 Å². The number of anilines is 1. The monoisotopic (exact) mass is 337 g/mol. The van der Waals surface area contributed by atoms with Crippen LogP contribution in [0.25, 0.3) is 10.6 Å². The van der Waals surface area contributed by atoms with Crippen LogP contribution in [0.5, 0.6) is 0 Å². The Morgan fingerprint density at radius 3 is 2.86 bits per heavy atom. The minimum Gasteiger partial charge on any atom is -0.389 e. The van der Waals surface area contributed by atoms with E-state index in [0.717, 1.165) is 18.4 Å². The first-order chi connectivity index (χ1) is 10.5. The summed E-state index contributed by atoms with van der Waals surface area (Å²) in [7, 11) is 0. The van der Waals surface area contributed by atoms with Crippen LogP contribution in [-0.2, 0) is 4.79 Å². The molecule has 116 valence electrons. The third kappa shape index (κ3) is 3.63. The first-order valence-corrected chi connectivity index (χ1v) is 8.35. The fraction of sp³-hybridized carbons (Fsp3) is 0.400. The topological polar surface area (TPSA) is 75.1 Å². The minimum atomic E-state index is -0.857. The van der Waals surface area contributed by atoms with Crippen LogP contribution in [0.4, 0.5) is 5.13 Å². The molecule has 0 atom stereocenters. The van der Waals surface area contributed by atoms with Gasteiger partial charge in [-0.3, -0.25) is 4.79 Å². The summed E-state index contributed by atoms with van der Waals surface area (Å²) in [6, 6.07) is 7.32. The number of rotatable bonds is 4. The summed E-state index contributed by atoms with van der Waals surface area (Å²) in [6.07, 6.45) is 3.43. The molecular weight excluding hydrogens is 322 g/mol. The van der Waals surface area contributed by atoms with Crippen LogP contribution < -0.4 is 5.32 Å². The van der Waals surface area contributed by atoms with Crippen molar-refractivity contribution in [1.82, 2.24) is 10.2 Å². The molecule has 0 radical (unpaired) electrons. The van der Waals surface area contributed by atoms with Crippen LogP contribution in [0, 0.1) is 0 Å². The Morgan fingerprint density at radius 2 is 2.14 bits per heavy atom. The quantitative estimate of drug-likeness (QED) is 0.895. The van der Waals surface area contributed by atoms with Crippen molar-refractivity contribution in [3.05, 3.63) is 29.3 Å². The van der Waals surface area contributed by atoms with Gasteiger partial charge >= 0.3 is 0 Å². The van der Waals surface area contributed by atoms with Crippen molar-refractivity contribution < 1.29 is 9.90 Å². The molecule has 0 spiro atoms. The zero-order chi connectivity index (χ0) is 15.6. The van der Waals surface area contributed by atoms with E-state index < -0.39 is 5.60 Å². The predicted molar refractivity (Wildman–Crippen MR) is 87.0 cm³/mol. The second-order valence-electron chi connectivity index (χ2n) is 5.58. The van der Waals surface area contributed by atoms with Gasteiger partial charge < -0.3 is 10.4 Å². The Morgan fingerprint density at radius 1 is 1.36 bits per heavy atom. The average Bonchev–Trinajstić information content (AvgIpc) is 3.08. The normalized spacial score (nSPS) is 16.6. The van der Waals surface area contributed by atoms with E-state index in [1.165, 1.54) is 11.3 Å². The summed E-state index contributed by atoms with van der Waals surface area (Å²) in [5, 5.41) is 22.7. The Balaban J connectivity index is 1.65. The maximum Gasteiger partial charge on any atom is 0.229 e. The molecule has 0 unspecified atom stereocenters. The van der Waals surface area contributed by atoms with E-state index in [1.54, 1.807) is 12.1 Å². The Bertz CT molecular complexity index is 683. The molecule has 2 N–H and O–H groups in total. The first-order valence-electron chi connectivity index (χ1n) is 7.16. The van der Waals surface area contributed by atoms with Gasteiger partial charge in [0.15, 0.2) is 0 Å². The third-order valence-corrected chi connectivity index (χ3v) is 4.89. The highest BCUT2D eigenvalue weighted by molar-refractivity contribution is 7.18. The van der Waals surface area contributed by atoms with E-state index in [2.05, 4.69) is 15.5 Å². The van der Waals surface area contributed by atoms with Crippen molar-refractivity contribution in [3.63, 3.8) is 0 Å². The van der Waals surface area contributed by atoms with Crippen LogP contribution in [0.1, 0.15) is 32.1 Å². The Labute approximate surface area is 137 Å². The average molecular weight is 338 g/mol. The number of hydrogen-bond donors (Lipinski definition) is 2. The lowest BCUT2D eigenvalue weighted by atomic mass is 9.98. The molecule has 0 bridgehead atoms. The summed E-state index contributed by atoms with van der Waals surface area (Å²) in [4.78, 5) is 12.0. The molecule has 1 heterocycles. The minimum absolute atomic E-state index is 0.110. The molecule has 1 fully saturated rings. The summed E-state index contributed by atoms with van der Waals surface area (Å²) in [5.41, 5.74) is 0.00445. The number of hydrogen-bond acceptors (Lipinski definition) is 5. The lowest BCUT2D eigenvalue weighted by molar-refractivity contribution is -0.120. The number of aromatic nitrogens is 2. The maximum absolute atomic E-state index is 12.0. The van der Waals surface area contributed by atoms with Crippen molar-refractivity contribution in [2.75, 3.05) is 5.32 Å². The van der Waals surface area contributed by atoms with E-state index in [0.29, 0.717) is 28.0 Å².